The van der Waals surface area contributed by atoms with Gasteiger partial charge >= 0.3 is 0 Å². The van der Waals surface area contributed by atoms with Crippen LogP contribution in [0, 0.1) is 0 Å². The predicted molar refractivity (Wildman–Crippen MR) is 100 cm³/mol. The van der Waals surface area contributed by atoms with Crippen molar-refractivity contribution in [3.8, 4) is 11.1 Å². The van der Waals surface area contributed by atoms with Crippen molar-refractivity contribution in [2.24, 2.45) is 0 Å². The second-order valence-electron chi connectivity index (χ2n) is 6.73. The molecule has 0 radical (unpaired) electrons. The normalized spacial score (nSPS) is 16.8. The van der Waals surface area contributed by atoms with Gasteiger partial charge < -0.3 is 5.11 Å². The van der Waals surface area contributed by atoms with Crippen molar-refractivity contribution in [2.75, 3.05) is 6.26 Å². The molecule has 6 heteroatoms. The molecule has 3 aromatic rings. The van der Waals surface area contributed by atoms with Crippen LogP contribution in [-0.2, 0) is 15.6 Å². The maximum Gasteiger partial charge on any atom is 0.236 e. The minimum atomic E-state index is -3.37. The Labute approximate surface area is 151 Å². The molecule has 1 N–H and O–H groups in total. The second-order valence-corrected chi connectivity index (χ2v) is 8.99. The van der Waals surface area contributed by atoms with Crippen molar-refractivity contribution in [1.82, 2.24) is 3.97 Å². The Bertz CT molecular complexity index is 1060. The van der Waals surface area contributed by atoms with Crippen LogP contribution in [0.25, 0.3) is 22.0 Å². The number of aromatic nitrogens is 1. The smallest absolute Gasteiger partial charge is 0.236 e. The summed E-state index contributed by atoms with van der Waals surface area (Å²) in [5.41, 5.74) is 2.59. The molecule has 0 spiro atoms. The van der Waals surface area contributed by atoms with E-state index in [4.69, 9.17) is 11.6 Å². The molecular weight excluding hydrogens is 358 g/mol. The molecule has 1 aromatic heterocycles. The van der Waals surface area contributed by atoms with Crippen molar-refractivity contribution in [1.29, 1.82) is 0 Å². The topological polar surface area (TPSA) is 59.3 Å². The summed E-state index contributed by atoms with van der Waals surface area (Å²) in [6.45, 7) is 0. The Morgan fingerprint density at radius 3 is 2.36 bits per heavy atom. The van der Waals surface area contributed by atoms with E-state index >= 15 is 0 Å². The molecule has 1 fully saturated rings. The molecule has 1 aliphatic carbocycles. The molecule has 4 nitrogen and oxygen atoms in total. The highest BCUT2D eigenvalue weighted by molar-refractivity contribution is 7.89. The van der Waals surface area contributed by atoms with E-state index in [2.05, 4.69) is 0 Å². The molecule has 4 rings (SSSR count). The van der Waals surface area contributed by atoms with Crippen LogP contribution in [-0.4, -0.2) is 23.8 Å². The highest BCUT2D eigenvalue weighted by Crippen LogP contribution is 2.42. The number of halogens is 1. The first kappa shape index (κ1) is 16.6. The lowest BCUT2D eigenvalue weighted by atomic mass is 9.75. The first-order valence-electron chi connectivity index (χ1n) is 8.12. The maximum absolute atomic E-state index is 11.8. The van der Waals surface area contributed by atoms with Crippen LogP contribution >= 0.6 is 11.6 Å². The summed E-state index contributed by atoms with van der Waals surface area (Å²) in [6, 6.07) is 13.1. The lowest BCUT2D eigenvalue weighted by Gasteiger charge is -2.37. The lowest BCUT2D eigenvalue weighted by molar-refractivity contribution is -0.0387. The fourth-order valence-electron chi connectivity index (χ4n) is 3.40. The van der Waals surface area contributed by atoms with E-state index in [1.165, 1.54) is 10.2 Å². The number of hydrogen-bond acceptors (Lipinski definition) is 3. The third-order valence-electron chi connectivity index (χ3n) is 5.01. The van der Waals surface area contributed by atoms with Gasteiger partial charge in [-0.1, -0.05) is 35.9 Å². The molecule has 25 heavy (non-hydrogen) atoms. The van der Waals surface area contributed by atoms with Crippen LogP contribution < -0.4 is 0 Å². The summed E-state index contributed by atoms with van der Waals surface area (Å²) in [5.74, 6) is 0. The standard InChI is InChI=1S/C19H18ClNO3S/c1-25(23,24)21-10-7-14-11-16(17(20)12-18(14)21)13-3-5-15(6-4-13)19(22)8-2-9-19/h3-7,10-12,22H,2,8-9H2,1H3. The van der Waals surface area contributed by atoms with Crippen LogP contribution in [0.2, 0.25) is 5.02 Å². The highest BCUT2D eigenvalue weighted by atomic mass is 35.5. The molecule has 1 aliphatic rings. The summed E-state index contributed by atoms with van der Waals surface area (Å²) in [7, 11) is -3.37. The summed E-state index contributed by atoms with van der Waals surface area (Å²) in [6.07, 6.45) is 5.36. The van der Waals surface area contributed by atoms with Gasteiger partial charge in [-0.25, -0.2) is 12.4 Å². The van der Waals surface area contributed by atoms with E-state index < -0.39 is 15.6 Å². The Morgan fingerprint density at radius 1 is 1.12 bits per heavy atom. The van der Waals surface area contributed by atoms with Gasteiger partial charge in [0.15, 0.2) is 0 Å². The zero-order valence-corrected chi connectivity index (χ0v) is 15.3. The largest absolute Gasteiger partial charge is 0.385 e. The Hall–Kier alpha value is -1.82. The Balaban J connectivity index is 1.78. The first-order chi connectivity index (χ1) is 11.8. The third kappa shape index (κ3) is 2.76. The van der Waals surface area contributed by atoms with Gasteiger partial charge in [0, 0.05) is 17.1 Å². The fourth-order valence-corrected chi connectivity index (χ4v) is 4.47. The number of rotatable bonds is 3. The summed E-state index contributed by atoms with van der Waals surface area (Å²) < 4.78 is 24.9. The van der Waals surface area contributed by atoms with Crippen LogP contribution in [0.4, 0.5) is 0 Å². The monoisotopic (exact) mass is 375 g/mol. The van der Waals surface area contributed by atoms with Gasteiger partial charge in [-0.3, -0.25) is 0 Å². The summed E-state index contributed by atoms with van der Waals surface area (Å²) in [5, 5.41) is 11.7. The zero-order chi connectivity index (χ0) is 17.8. The van der Waals surface area contributed by atoms with Gasteiger partial charge in [-0.2, -0.15) is 0 Å². The molecule has 0 aliphatic heterocycles. The van der Waals surface area contributed by atoms with Crippen LogP contribution in [0.15, 0.2) is 48.7 Å². The van der Waals surface area contributed by atoms with Crippen molar-refractivity contribution in [3.63, 3.8) is 0 Å². The molecule has 0 atom stereocenters. The molecule has 0 bridgehead atoms. The van der Waals surface area contributed by atoms with Crippen LogP contribution in [0.3, 0.4) is 0 Å². The third-order valence-corrected chi connectivity index (χ3v) is 6.36. The second kappa shape index (κ2) is 5.59. The first-order valence-corrected chi connectivity index (χ1v) is 10.4. The van der Waals surface area contributed by atoms with E-state index in [0.29, 0.717) is 10.5 Å². The van der Waals surface area contributed by atoms with Crippen molar-refractivity contribution in [2.45, 2.75) is 24.9 Å². The molecular formula is C19H18ClNO3S. The lowest BCUT2D eigenvalue weighted by Crippen LogP contribution is -2.33. The van der Waals surface area contributed by atoms with Crippen LogP contribution in [0.5, 0.6) is 0 Å². The Morgan fingerprint density at radius 2 is 1.80 bits per heavy atom. The van der Waals surface area contributed by atoms with E-state index in [1.807, 2.05) is 30.3 Å². The predicted octanol–water partition coefficient (Wildman–Crippen LogP) is 4.14. The minimum absolute atomic E-state index is 0.492. The Kier molecular flexibility index (Phi) is 3.72. The van der Waals surface area contributed by atoms with E-state index in [-0.39, 0.29) is 0 Å². The van der Waals surface area contributed by atoms with E-state index in [0.717, 1.165) is 47.6 Å². The molecule has 0 saturated heterocycles. The van der Waals surface area contributed by atoms with E-state index in [1.54, 1.807) is 12.1 Å². The van der Waals surface area contributed by atoms with Gasteiger partial charge in [0.1, 0.15) is 0 Å². The van der Waals surface area contributed by atoms with Gasteiger partial charge in [-0.05, 0) is 48.6 Å². The average molecular weight is 376 g/mol. The molecule has 2 aromatic carbocycles. The molecule has 130 valence electrons. The highest BCUT2D eigenvalue weighted by Gasteiger charge is 2.35. The maximum atomic E-state index is 11.8. The van der Waals surface area contributed by atoms with Crippen LogP contribution in [0.1, 0.15) is 24.8 Å². The SMILES string of the molecule is CS(=O)(=O)n1ccc2cc(-c3ccc(C4(O)CCC4)cc3)c(Cl)cc21. The molecule has 1 heterocycles. The summed E-state index contributed by atoms with van der Waals surface area (Å²) >= 11 is 6.43. The molecule has 0 unspecified atom stereocenters. The number of nitrogens with zero attached hydrogens (tertiary/aromatic N) is 1. The van der Waals surface area contributed by atoms with Gasteiger partial charge in [0.05, 0.1) is 22.4 Å². The fraction of sp³-hybridized carbons (Fsp3) is 0.263. The number of hydrogen-bond donors (Lipinski definition) is 1. The van der Waals surface area contributed by atoms with E-state index in [9.17, 15) is 13.5 Å². The van der Waals surface area contributed by atoms with Gasteiger partial charge in [0.2, 0.25) is 10.0 Å². The molecule has 1 saturated carbocycles. The van der Waals surface area contributed by atoms with Crippen molar-refractivity contribution < 1.29 is 13.5 Å². The van der Waals surface area contributed by atoms with Crippen molar-refractivity contribution in [3.05, 3.63) is 59.2 Å². The summed E-state index contributed by atoms with van der Waals surface area (Å²) in [4.78, 5) is 0. The zero-order valence-electron chi connectivity index (χ0n) is 13.7. The average Bonchev–Trinajstić information content (AvgIpc) is 2.95. The quantitative estimate of drug-likeness (QED) is 0.748. The van der Waals surface area contributed by atoms with Gasteiger partial charge in [-0.15, -0.1) is 0 Å². The minimum Gasteiger partial charge on any atom is -0.385 e. The number of aliphatic hydroxyl groups is 1. The van der Waals surface area contributed by atoms with Crippen molar-refractivity contribution >= 4 is 32.5 Å². The number of fused-ring (bicyclic) bond motifs is 1. The molecule has 0 amide bonds. The number of benzene rings is 2. The van der Waals surface area contributed by atoms with Gasteiger partial charge in [0.25, 0.3) is 0 Å².